The maximum absolute atomic E-state index is 10.9. The fourth-order valence-corrected chi connectivity index (χ4v) is 1.63. The number of carboxylic acid groups (broad SMARTS) is 1. The number of carboxylic acids is 1. The fourth-order valence-electron chi connectivity index (χ4n) is 1.63. The second kappa shape index (κ2) is 3.70. The molecule has 2 aromatic rings. The van der Waals surface area contributed by atoms with E-state index in [0.29, 0.717) is 18.5 Å². The van der Waals surface area contributed by atoms with E-state index in [2.05, 4.69) is 5.10 Å². The summed E-state index contributed by atoms with van der Waals surface area (Å²) in [6.45, 7) is 0.490. The Kier molecular flexibility index (Phi) is 2.39. The van der Waals surface area contributed by atoms with E-state index in [-0.39, 0.29) is 5.56 Å². The van der Waals surface area contributed by atoms with Crippen molar-refractivity contribution in [3.8, 4) is 0 Å². The summed E-state index contributed by atoms with van der Waals surface area (Å²) in [7, 11) is 0. The van der Waals surface area contributed by atoms with Gasteiger partial charge in [0.25, 0.3) is 0 Å². The number of aromatic carboxylic acids is 1. The first-order valence-corrected chi connectivity index (χ1v) is 4.62. The predicted octanol–water partition coefficient (Wildman–Crippen LogP) is 0.534. The van der Waals surface area contributed by atoms with Gasteiger partial charge >= 0.3 is 5.97 Å². The maximum atomic E-state index is 10.9. The average Bonchev–Trinajstić information content (AvgIpc) is 2.62. The number of aromatic nitrogens is 2. The molecule has 0 spiro atoms. The van der Waals surface area contributed by atoms with Gasteiger partial charge in [-0.2, -0.15) is 5.10 Å². The summed E-state index contributed by atoms with van der Waals surface area (Å²) < 4.78 is 1.56. The van der Waals surface area contributed by atoms with Crippen LogP contribution < -0.4 is 5.73 Å². The van der Waals surface area contributed by atoms with Gasteiger partial charge in [-0.25, -0.2) is 9.31 Å². The molecule has 0 saturated carbocycles. The second-order valence-electron chi connectivity index (χ2n) is 3.23. The molecule has 0 radical (unpaired) electrons. The first-order valence-electron chi connectivity index (χ1n) is 4.62. The minimum Gasteiger partial charge on any atom is -0.478 e. The van der Waals surface area contributed by atoms with Crippen LogP contribution in [0.25, 0.3) is 5.52 Å². The zero-order chi connectivity index (χ0) is 10.8. The molecule has 2 heterocycles. The van der Waals surface area contributed by atoms with Crippen molar-refractivity contribution in [1.82, 2.24) is 9.61 Å². The number of hydrogen-bond donors (Lipinski definition) is 2. The maximum Gasteiger partial charge on any atom is 0.339 e. The van der Waals surface area contributed by atoms with Gasteiger partial charge in [0.15, 0.2) is 0 Å². The highest BCUT2D eigenvalue weighted by Gasteiger charge is 2.13. The van der Waals surface area contributed by atoms with Gasteiger partial charge < -0.3 is 10.8 Å². The van der Waals surface area contributed by atoms with Crippen LogP contribution in [0.3, 0.4) is 0 Å². The monoisotopic (exact) mass is 205 g/mol. The summed E-state index contributed by atoms with van der Waals surface area (Å²) in [4.78, 5) is 10.9. The van der Waals surface area contributed by atoms with Crippen molar-refractivity contribution in [2.75, 3.05) is 6.54 Å². The molecule has 2 rings (SSSR count). The van der Waals surface area contributed by atoms with E-state index >= 15 is 0 Å². The Bertz CT molecular complexity index is 504. The van der Waals surface area contributed by atoms with Gasteiger partial charge in [-0.3, -0.25) is 0 Å². The van der Waals surface area contributed by atoms with Crippen molar-refractivity contribution in [3.63, 3.8) is 0 Å². The summed E-state index contributed by atoms with van der Waals surface area (Å²) in [5, 5.41) is 13.0. The van der Waals surface area contributed by atoms with Gasteiger partial charge in [0.2, 0.25) is 0 Å². The van der Waals surface area contributed by atoms with Crippen LogP contribution in [0.4, 0.5) is 0 Å². The molecule has 2 aromatic heterocycles. The van der Waals surface area contributed by atoms with Crippen LogP contribution in [0.5, 0.6) is 0 Å². The quantitative estimate of drug-likeness (QED) is 0.766. The highest BCUT2D eigenvalue weighted by molar-refractivity contribution is 5.96. The zero-order valence-electron chi connectivity index (χ0n) is 8.05. The van der Waals surface area contributed by atoms with Crippen LogP contribution >= 0.6 is 0 Å². The number of nitrogens with two attached hydrogens (primary N) is 1. The van der Waals surface area contributed by atoms with Crippen molar-refractivity contribution < 1.29 is 9.90 Å². The number of fused-ring (bicyclic) bond motifs is 1. The van der Waals surface area contributed by atoms with E-state index in [0.717, 1.165) is 5.56 Å². The van der Waals surface area contributed by atoms with Crippen LogP contribution in [-0.4, -0.2) is 27.2 Å². The lowest BCUT2D eigenvalue weighted by molar-refractivity contribution is 0.0699. The highest BCUT2D eigenvalue weighted by Crippen LogP contribution is 2.16. The van der Waals surface area contributed by atoms with Gasteiger partial charge in [-0.1, -0.05) is 6.07 Å². The van der Waals surface area contributed by atoms with Gasteiger partial charge in [0.05, 0.1) is 11.7 Å². The van der Waals surface area contributed by atoms with E-state index in [4.69, 9.17) is 10.8 Å². The molecule has 3 N–H and O–H groups in total. The molecule has 0 aliphatic heterocycles. The van der Waals surface area contributed by atoms with Crippen LogP contribution in [0.2, 0.25) is 0 Å². The minimum atomic E-state index is -0.963. The second-order valence-corrected chi connectivity index (χ2v) is 3.23. The number of pyridine rings is 1. The van der Waals surface area contributed by atoms with Crippen molar-refractivity contribution in [2.24, 2.45) is 5.73 Å². The molecule has 5 heteroatoms. The summed E-state index contributed by atoms with van der Waals surface area (Å²) >= 11 is 0. The molecule has 0 aliphatic rings. The van der Waals surface area contributed by atoms with Crippen LogP contribution in [-0.2, 0) is 6.42 Å². The van der Waals surface area contributed by atoms with Gasteiger partial charge in [0, 0.05) is 6.20 Å². The van der Waals surface area contributed by atoms with E-state index in [1.165, 1.54) is 6.20 Å². The Morgan fingerprint density at radius 3 is 3.07 bits per heavy atom. The topological polar surface area (TPSA) is 80.6 Å². The SMILES string of the molecule is NCCc1cccn2ncc(C(=O)O)c12. The molecule has 15 heavy (non-hydrogen) atoms. The first-order chi connectivity index (χ1) is 7.24. The lowest BCUT2D eigenvalue weighted by atomic mass is 10.1. The van der Waals surface area contributed by atoms with Crippen LogP contribution in [0, 0.1) is 0 Å². The van der Waals surface area contributed by atoms with Crippen LogP contribution in [0.15, 0.2) is 24.5 Å². The normalized spacial score (nSPS) is 10.7. The largest absolute Gasteiger partial charge is 0.478 e. The van der Waals surface area contributed by atoms with Gasteiger partial charge in [-0.15, -0.1) is 0 Å². The lowest BCUT2D eigenvalue weighted by Crippen LogP contribution is -2.06. The molecular weight excluding hydrogens is 194 g/mol. The van der Waals surface area contributed by atoms with E-state index < -0.39 is 5.97 Å². The Labute approximate surface area is 86.1 Å². The van der Waals surface area contributed by atoms with Crippen LogP contribution in [0.1, 0.15) is 15.9 Å². The molecule has 0 atom stereocenters. The molecule has 0 aromatic carbocycles. The number of carbonyl (C=O) groups is 1. The average molecular weight is 205 g/mol. The molecule has 0 bridgehead atoms. The minimum absolute atomic E-state index is 0.221. The zero-order valence-corrected chi connectivity index (χ0v) is 8.05. The molecule has 78 valence electrons. The number of rotatable bonds is 3. The first kappa shape index (κ1) is 9.67. The third-order valence-electron chi connectivity index (χ3n) is 2.27. The van der Waals surface area contributed by atoms with Gasteiger partial charge in [-0.05, 0) is 24.6 Å². The lowest BCUT2D eigenvalue weighted by Gasteiger charge is -2.02. The molecule has 0 fully saturated rings. The Morgan fingerprint density at radius 1 is 1.60 bits per heavy atom. The smallest absolute Gasteiger partial charge is 0.339 e. The Balaban J connectivity index is 2.69. The van der Waals surface area contributed by atoms with Crippen molar-refractivity contribution in [2.45, 2.75) is 6.42 Å². The molecule has 5 nitrogen and oxygen atoms in total. The summed E-state index contributed by atoms with van der Waals surface area (Å²) in [6, 6.07) is 3.70. The molecular formula is C10H11N3O2. The van der Waals surface area contributed by atoms with Gasteiger partial charge in [0.1, 0.15) is 5.56 Å². The van der Waals surface area contributed by atoms with E-state index in [9.17, 15) is 4.79 Å². The van der Waals surface area contributed by atoms with Crippen molar-refractivity contribution in [3.05, 3.63) is 35.7 Å². The number of nitrogens with zero attached hydrogens (tertiary/aromatic N) is 2. The van der Waals surface area contributed by atoms with E-state index in [1.54, 1.807) is 10.7 Å². The molecule has 0 unspecified atom stereocenters. The fraction of sp³-hybridized carbons (Fsp3) is 0.200. The molecule has 0 aliphatic carbocycles. The molecule has 0 amide bonds. The van der Waals surface area contributed by atoms with Crippen molar-refractivity contribution in [1.29, 1.82) is 0 Å². The van der Waals surface area contributed by atoms with E-state index in [1.807, 2.05) is 12.1 Å². The standard InChI is InChI=1S/C10H11N3O2/c11-4-3-7-2-1-5-13-9(7)8(6-12-13)10(14)15/h1-2,5-6H,3-4,11H2,(H,14,15). The highest BCUT2D eigenvalue weighted by atomic mass is 16.4. The van der Waals surface area contributed by atoms with Crippen molar-refractivity contribution >= 4 is 11.5 Å². The third-order valence-corrected chi connectivity index (χ3v) is 2.27. The number of hydrogen-bond acceptors (Lipinski definition) is 3. The molecule has 0 saturated heterocycles. The Morgan fingerprint density at radius 2 is 2.40 bits per heavy atom. The summed E-state index contributed by atoms with van der Waals surface area (Å²) in [6.07, 6.45) is 3.73. The third kappa shape index (κ3) is 1.57. The summed E-state index contributed by atoms with van der Waals surface area (Å²) in [5.74, 6) is -0.963. The Hall–Kier alpha value is -1.88. The summed E-state index contributed by atoms with van der Waals surface area (Å²) in [5.41, 5.74) is 7.24. The predicted molar refractivity (Wildman–Crippen MR) is 54.9 cm³/mol.